The maximum Gasteiger partial charge on any atom is 0.240 e. The van der Waals surface area contributed by atoms with E-state index in [1.165, 1.54) is 11.8 Å². The number of anilines is 1. The minimum Gasteiger partial charge on any atom is -0.329 e. The predicted molar refractivity (Wildman–Crippen MR) is 109 cm³/mol. The van der Waals surface area contributed by atoms with Crippen LogP contribution in [0.15, 0.2) is 48.5 Å². The van der Waals surface area contributed by atoms with Gasteiger partial charge in [-0.15, -0.1) is 11.8 Å². The quantitative estimate of drug-likeness (QED) is 0.613. The maximum atomic E-state index is 12.3. The summed E-state index contributed by atoms with van der Waals surface area (Å²) in [7, 11) is 0. The van der Waals surface area contributed by atoms with Gasteiger partial charge in [0.1, 0.15) is 11.5 Å². The van der Waals surface area contributed by atoms with Crippen molar-refractivity contribution in [2.45, 2.75) is 31.8 Å². The van der Waals surface area contributed by atoms with Gasteiger partial charge in [-0.1, -0.05) is 36.4 Å². The maximum absolute atomic E-state index is 12.3. The van der Waals surface area contributed by atoms with Crippen LogP contribution >= 0.6 is 11.8 Å². The summed E-state index contributed by atoms with van der Waals surface area (Å²) in [5.41, 5.74) is 9.84. The van der Waals surface area contributed by atoms with Crippen LogP contribution in [0.4, 0.5) is 5.69 Å². The Labute approximate surface area is 163 Å². The standard InChI is InChI=1S/C20H24N4O2S/c1-13-8-14(2)10-16(9-13)21-18(25)12-27-20-22-19(26)17(23-24-20)11-15-6-4-3-5-7-15/h3-10,17,20,23-24H,11-12H2,1-2H3,(H,21,25)(H,22,26). The number of thioether (sulfide) groups is 1. The molecule has 2 aromatic rings. The first kappa shape index (κ1) is 19.4. The summed E-state index contributed by atoms with van der Waals surface area (Å²) in [6, 6.07) is 15.4. The summed E-state index contributed by atoms with van der Waals surface area (Å²) < 4.78 is 0. The van der Waals surface area contributed by atoms with Gasteiger partial charge in [0.05, 0.1) is 5.75 Å². The molecule has 2 amide bonds. The van der Waals surface area contributed by atoms with Crippen molar-refractivity contribution in [2.75, 3.05) is 11.1 Å². The van der Waals surface area contributed by atoms with Gasteiger partial charge < -0.3 is 10.6 Å². The summed E-state index contributed by atoms with van der Waals surface area (Å²) in [4.78, 5) is 24.5. The number of hydrogen-bond acceptors (Lipinski definition) is 5. The van der Waals surface area contributed by atoms with E-state index in [-0.39, 0.29) is 29.1 Å². The molecule has 2 unspecified atom stereocenters. The van der Waals surface area contributed by atoms with E-state index < -0.39 is 0 Å². The molecule has 7 heteroatoms. The fourth-order valence-electron chi connectivity index (χ4n) is 2.99. The molecule has 1 heterocycles. The van der Waals surface area contributed by atoms with E-state index in [1.54, 1.807) is 0 Å². The molecule has 0 spiro atoms. The zero-order chi connectivity index (χ0) is 19.2. The number of aryl methyl sites for hydroxylation is 2. The number of rotatable bonds is 6. The van der Waals surface area contributed by atoms with Gasteiger partial charge in [-0.2, -0.15) is 0 Å². The smallest absolute Gasteiger partial charge is 0.240 e. The highest BCUT2D eigenvalue weighted by Gasteiger charge is 2.27. The summed E-state index contributed by atoms with van der Waals surface area (Å²) in [6.45, 7) is 3.99. The van der Waals surface area contributed by atoms with Gasteiger partial charge in [0.25, 0.3) is 0 Å². The average molecular weight is 385 g/mol. The third-order valence-corrected chi connectivity index (χ3v) is 5.15. The lowest BCUT2D eigenvalue weighted by Crippen LogP contribution is -2.64. The lowest BCUT2D eigenvalue weighted by molar-refractivity contribution is -0.125. The first-order chi connectivity index (χ1) is 13.0. The highest BCUT2D eigenvalue weighted by Crippen LogP contribution is 2.15. The van der Waals surface area contributed by atoms with Crippen LogP contribution in [0.5, 0.6) is 0 Å². The molecule has 2 atom stereocenters. The molecule has 0 aromatic heterocycles. The van der Waals surface area contributed by atoms with Crippen LogP contribution in [0.3, 0.4) is 0 Å². The highest BCUT2D eigenvalue weighted by molar-refractivity contribution is 8.00. The Morgan fingerprint density at radius 3 is 2.44 bits per heavy atom. The summed E-state index contributed by atoms with van der Waals surface area (Å²) in [5, 5.41) is 5.79. The Balaban J connectivity index is 1.44. The van der Waals surface area contributed by atoms with Crippen molar-refractivity contribution in [3.8, 4) is 0 Å². The Bertz CT molecular complexity index is 793. The van der Waals surface area contributed by atoms with Gasteiger partial charge in [0.15, 0.2) is 0 Å². The van der Waals surface area contributed by atoms with Crippen LogP contribution in [-0.2, 0) is 16.0 Å². The molecule has 6 nitrogen and oxygen atoms in total. The zero-order valence-electron chi connectivity index (χ0n) is 15.4. The van der Waals surface area contributed by atoms with Crippen LogP contribution < -0.4 is 21.5 Å². The average Bonchev–Trinajstić information content (AvgIpc) is 2.62. The first-order valence-corrected chi connectivity index (χ1v) is 9.89. The van der Waals surface area contributed by atoms with Crippen molar-refractivity contribution in [3.63, 3.8) is 0 Å². The van der Waals surface area contributed by atoms with Crippen molar-refractivity contribution >= 4 is 29.3 Å². The summed E-state index contributed by atoms with van der Waals surface area (Å²) >= 11 is 1.33. The summed E-state index contributed by atoms with van der Waals surface area (Å²) in [6.07, 6.45) is 0.601. The Morgan fingerprint density at radius 2 is 1.78 bits per heavy atom. The number of nitrogens with one attached hydrogen (secondary N) is 4. The Morgan fingerprint density at radius 1 is 1.07 bits per heavy atom. The van der Waals surface area contributed by atoms with Gasteiger partial charge in [-0.05, 0) is 49.1 Å². The molecular weight excluding hydrogens is 360 g/mol. The molecule has 3 rings (SSSR count). The molecule has 0 aliphatic carbocycles. The molecule has 0 radical (unpaired) electrons. The molecule has 1 fully saturated rings. The van der Waals surface area contributed by atoms with E-state index in [2.05, 4.69) is 27.6 Å². The van der Waals surface area contributed by atoms with E-state index in [1.807, 2.05) is 56.3 Å². The number of benzene rings is 2. The van der Waals surface area contributed by atoms with Crippen LogP contribution in [0, 0.1) is 13.8 Å². The van der Waals surface area contributed by atoms with Crippen LogP contribution in [0.25, 0.3) is 0 Å². The van der Waals surface area contributed by atoms with Crippen molar-refractivity contribution < 1.29 is 9.59 Å². The minimum atomic E-state index is -0.352. The monoisotopic (exact) mass is 384 g/mol. The third-order valence-electron chi connectivity index (χ3n) is 4.15. The second kappa shape index (κ2) is 9.03. The van der Waals surface area contributed by atoms with Crippen LogP contribution in [-0.4, -0.2) is 29.1 Å². The second-order valence-corrected chi connectivity index (χ2v) is 7.75. The molecule has 142 valence electrons. The number of hydrazine groups is 1. The molecule has 4 N–H and O–H groups in total. The molecular formula is C20H24N4O2S. The first-order valence-electron chi connectivity index (χ1n) is 8.85. The van der Waals surface area contributed by atoms with Crippen molar-refractivity contribution in [1.82, 2.24) is 16.2 Å². The van der Waals surface area contributed by atoms with Crippen LogP contribution in [0.1, 0.15) is 16.7 Å². The number of carbonyl (C=O) groups excluding carboxylic acids is 2. The lowest BCUT2D eigenvalue weighted by atomic mass is 10.1. The van der Waals surface area contributed by atoms with E-state index in [0.29, 0.717) is 6.42 Å². The Kier molecular flexibility index (Phi) is 6.49. The van der Waals surface area contributed by atoms with E-state index in [9.17, 15) is 9.59 Å². The van der Waals surface area contributed by atoms with Gasteiger partial charge in [0.2, 0.25) is 11.8 Å². The van der Waals surface area contributed by atoms with Crippen molar-refractivity contribution in [1.29, 1.82) is 0 Å². The zero-order valence-corrected chi connectivity index (χ0v) is 16.2. The van der Waals surface area contributed by atoms with Gasteiger partial charge in [0, 0.05) is 5.69 Å². The molecule has 2 aromatic carbocycles. The number of hydrogen-bond donors (Lipinski definition) is 4. The molecule has 0 saturated carbocycles. The minimum absolute atomic E-state index is 0.0789. The van der Waals surface area contributed by atoms with Crippen molar-refractivity contribution in [2.24, 2.45) is 0 Å². The van der Waals surface area contributed by atoms with Crippen molar-refractivity contribution in [3.05, 3.63) is 65.2 Å². The number of amides is 2. The fraction of sp³-hybridized carbons (Fsp3) is 0.300. The second-order valence-electron chi connectivity index (χ2n) is 6.66. The SMILES string of the molecule is Cc1cc(C)cc(NC(=O)CSC2NNC(Cc3ccccc3)C(=O)N2)c1. The largest absolute Gasteiger partial charge is 0.329 e. The van der Waals surface area contributed by atoms with E-state index in [0.717, 1.165) is 22.4 Å². The molecule has 1 saturated heterocycles. The molecule has 1 aliphatic rings. The van der Waals surface area contributed by atoms with E-state index in [4.69, 9.17) is 0 Å². The molecule has 0 bridgehead atoms. The van der Waals surface area contributed by atoms with Gasteiger partial charge in [-0.25, -0.2) is 10.9 Å². The lowest BCUT2D eigenvalue weighted by Gasteiger charge is -2.31. The highest BCUT2D eigenvalue weighted by atomic mass is 32.2. The normalized spacial score (nSPS) is 19.4. The van der Waals surface area contributed by atoms with E-state index >= 15 is 0 Å². The Hall–Kier alpha value is -2.35. The fourth-order valence-corrected chi connectivity index (χ4v) is 3.73. The van der Waals surface area contributed by atoms with Gasteiger partial charge in [-0.3, -0.25) is 9.59 Å². The molecule has 27 heavy (non-hydrogen) atoms. The topological polar surface area (TPSA) is 82.3 Å². The van der Waals surface area contributed by atoms with Crippen LogP contribution in [0.2, 0.25) is 0 Å². The third kappa shape index (κ3) is 5.82. The predicted octanol–water partition coefficient (Wildman–Crippen LogP) is 2.09. The van der Waals surface area contributed by atoms with Gasteiger partial charge >= 0.3 is 0 Å². The number of carbonyl (C=O) groups is 2. The molecule has 1 aliphatic heterocycles. The summed E-state index contributed by atoms with van der Waals surface area (Å²) in [5.74, 6) is 0.0490.